The molecule has 0 nitrogen and oxygen atoms in total. The Hall–Kier alpha value is 0. The molecule has 0 aliphatic carbocycles. The van der Waals surface area contributed by atoms with Crippen molar-refractivity contribution >= 4 is 0 Å². The maximum atomic E-state index is 7.03. The molecular formula is C14H30. The SMILES string of the molecule is [3H]CCCCCCCCCCCCCC[3H]. The Morgan fingerprint density at radius 2 is 0.786 bits per heavy atom. The van der Waals surface area contributed by atoms with Gasteiger partial charge in [0, 0.05) is 2.74 Å². The third-order valence-electron chi connectivity index (χ3n) is 2.75. The standard InChI is InChI=1S/C14H30/c1-3-5-7-9-11-13-14-12-10-8-6-4-2/h3-14H2,1-2H3/i1T,2T. The first-order valence-electron chi connectivity index (χ1n) is 7.91. The summed E-state index contributed by atoms with van der Waals surface area (Å²) in [5.41, 5.74) is 0. The van der Waals surface area contributed by atoms with Crippen LogP contribution in [0, 0.1) is 0 Å². The lowest BCUT2D eigenvalue weighted by Crippen LogP contribution is -1.81. The van der Waals surface area contributed by atoms with E-state index in [0.29, 0.717) is 13.8 Å². The molecule has 0 heterocycles. The Morgan fingerprint density at radius 3 is 1.07 bits per heavy atom. The molecule has 0 N–H and O–H groups in total. The molecule has 0 aliphatic heterocycles. The van der Waals surface area contributed by atoms with Gasteiger partial charge in [-0.3, -0.25) is 0 Å². The molecule has 0 aromatic heterocycles. The van der Waals surface area contributed by atoms with Crippen LogP contribution in [0.1, 0.15) is 93.6 Å². The fourth-order valence-corrected chi connectivity index (χ4v) is 1.77. The van der Waals surface area contributed by atoms with Crippen LogP contribution >= 0.6 is 0 Å². The first-order chi connectivity index (χ1) is 7.91. The molecule has 0 aliphatic rings. The van der Waals surface area contributed by atoms with Crippen LogP contribution < -0.4 is 0 Å². The fraction of sp³-hybridized carbons (Fsp3) is 1.00. The molecule has 0 aromatic carbocycles. The van der Waals surface area contributed by atoms with Crippen LogP contribution in [0.3, 0.4) is 0 Å². The molecule has 0 atom stereocenters. The van der Waals surface area contributed by atoms with Crippen LogP contribution in [0.5, 0.6) is 0 Å². The summed E-state index contributed by atoms with van der Waals surface area (Å²) in [6.45, 7) is 1.22. The number of hydrogen-bond donors (Lipinski definition) is 0. The van der Waals surface area contributed by atoms with Crippen molar-refractivity contribution in [3.05, 3.63) is 0 Å². The van der Waals surface area contributed by atoms with E-state index >= 15 is 0 Å². The quantitative estimate of drug-likeness (QED) is 0.377. The molecule has 0 bridgehead atoms. The Balaban J connectivity index is 2.83. The molecule has 86 valence electrons. The van der Waals surface area contributed by atoms with E-state index in [2.05, 4.69) is 0 Å². The van der Waals surface area contributed by atoms with Gasteiger partial charge >= 0.3 is 0 Å². The molecule has 0 saturated carbocycles. The number of unbranched alkanes of at least 4 members (excludes halogenated alkanes) is 11. The van der Waals surface area contributed by atoms with Gasteiger partial charge in [-0.05, 0) is 0 Å². The fourth-order valence-electron chi connectivity index (χ4n) is 1.77. The van der Waals surface area contributed by atoms with Crippen molar-refractivity contribution in [3.63, 3.8) is 0 Å². The van der Waals surface area contributed by atoms with E-state index in [1.54, 1.807) is 0 Å². The smallest absolute Gasteiger partial charge is 0.0230 e. The second-order valence-electron chi connectivity index (χ2n) is 4.24. The van der Waals surface area contributed by atoms with Gasteiger partial charge in [-0.15, -0.1) is 0 Å². The second kappa shape index (κ2) is 13.0. The van der Waals surface area contributed by atoms with Crippen LogP contribution in [-0.4, -0.2) is 0 Å². The molecule has 0 radical (unpaired) electrons. The van der Waals surface area contributed by atoms with Gasteiger partial charge in [-0.2, -0.15) is 0 Å². The van der Waals surface area contributed by atoms with E-state index in [4.69, 9.17) is 2.74 Å². The summed E-state index contributed by atoms with van der Waals surface area (Å²) in [5.74, 6) is 0. The van der Waals surface area contributed by atoms with E-state index < -0.39 is 0 Å². The average Bonchev–Trinajstić information content (AvgIpc) is 2.31. The first-order valence-corrected chi connectivity index (χ1v) is 6.50. The minimum atomic E-state index is 0.609. The maximum absolute atomic E-state index is 7.03. The van der Waals surface area contributed by atoms with Crippen molar-refractivity contribution in [2.24, 2.45) is 0 Å². The highest BCUT2D eigenvalue weighted by Gasteiger charge is 1.91. The van der Waals surface area contributed by atoms with Gasteiger partial charge in [0.2, 0.25) is 0 Å². The van der Waals surface area contributed by atoms with Gasteiger partial charge in [0.15, 0.2) is 0 Å². The monoisotopic (exact) mass is 202 g/mol. The molecule has 0 heteroatoms. The molecular weight excluding hydrogens is 168 g/mol. The van der Waals surface area contributed by atoms with Gasteiger partial charge in [-0.1, -0.05) is 90.8 Å². The van der Waals surface area contributed by atoms with Crippen molar-refractivity contribution < 1.29 is 2.74 Å². The van der Waals surface area contributed by atoms with Crippen molar-refractivity contribution in [1.82, 2.24) is 0 Å². The molecule has 0 spiro atoms. The van der Waals surface area contributed by atoms with Crippen molar-refractivity contribution in [3.8, 4) is 0 Å². The van der Waals surface area contributed by atoms with Crippen molar-refractivity contribution in [2.75, 3.05) is 0 Å². The summed E-state index contributed by atoms with van der Waals surface area (Å²) in [6, 6.07) is 0. The zero-order valence-electron chi connectivity index (χ0n) is 11.9. The van der Waals surface area contributed by atoms with Crippen LogP contribution in [0.2, 0.25) is 0 Å². The first kappa shape index (κ1) is 10.5. The predicted molar refractivity (Wildman–Crippen MR) is 66.8 cm³/mol. The topological polar surface area (TPSA) is 0 Å². The highest BCUT2D eigenvalue weighted by Crippen LogP contribution is 2.11. The molecule has 0 rings (SSSR count). The zero-order chi connectivity index (χ0) is 11.9. The normalized spacial score (nSPS) is 12.6. The summed E-state index contributed by atoms with van der Waals surface area (Å²) >= 11 is 0. The van der Waals surface area contributed by atoms with Crippen molar-refractivity contribution in [2.45, 2.75) is 90.8 Å². The van der Waals surface area contributed by atoms with Crippen LogP contribution in [0.25, 0.3) is 0 Å². The van der Waals surface area contributed by atoms with Crippen LogP contribution in [0.4, 0.5) is 0 Å². The van der Waals surface area contributed by atoms with Gasteiger partial charge < -0.3 is 0 Å². The van der Waals surface area contributed by atoms with E-state index in [0.717, 1.165) is 12.8 Å². The largest absolute Gasteiger partial charge is 0.0654 e. The van der Waals surface area contributed by atoms with Gasteiger partial charge in [0.25, 0.3) is 0 Å². The lowest BCUT2D eigenvalue weighted by Gasteiger charge is -2.01. The molecule has 0 aromatic rings. The maximum Gasteiger partial charge on any atom is 0.0230 e. The molecule has 0 unspecified atom stereocenters. The third-order valence-corrected chi connectivity index (χ3v) is 2.75. The Labute approximate surface area is 94.3 Å². The molecule has 0 saturated heterocycles. The molecule has 14 heavy (non-hydrogen) atoms. The van der Waals surface area contributed by atoms with Crippen LogP contribution in [0.15, 0.2) is 0 Å². The summed E-state index contributed by atoms with van der Waals surface area (Å²) in [6.07, 6.45) is 15.7. The molecule has 0 fully saturated rings. The number of hydrogen-bond acceptors (Lipinski definition) is 0. The lowest BCUT2D eigenvalue weighted by atomic mass is 10.1. The van der Waals surface area contributed by atoms with Gasteiger partial charge in [0.1, 0.15) is 0 Å². The summed E-state index contributed by atoms with van der Waals surface area (Å²) in [7, 11) is 0. The third kappa shape index (κ3) is 12.0. The highest BCUT2D eigenvalue weighted by molar-refractivity contribution is 4.47. The average molecular weight is 202 g/mol. The van der Waals surface area contributed by atoms with E-state index in [1.807, 2.05) is 0 Å². The zero-order valence-corrected chi connectivity index (χ0v) is 9.90. The van der Waals surface area contributed by atoms with Crippen molar-refractivity contribution in [1.29, 1.82) is 0 Å². The summed E-state index contributed by atoms with van der Waals surface area (Å²) in [4.78, 5) is 0. The number of rotatable bonds is 11. The minimum Gasteiger partial charge on any atom is -0.0654 e. The Bertz CT molecular complexity index is 101. The predicted octanol–water partition coefficient (Wildman–Crippen LogP) is 5.71. The lowest BCUT2D eigenvalue weighted by molar-refractivity contribution is 0.548. The summed E-state index contributed by atoms with van der Waals surface area (Å²) < 4.78 is 14.1. The molecule has 0 amide bonds. The van der Waals surface area contributed by atoms with E-state index in [-0.39, 0.29) is 0 Å². The van der Waals surface area contributed by atoms with Gasteiger partial charge in [-0.25, -0.2) is 0 Å². The van der Waals surface area contributed by atoms with E-state index in [1.165, 1.54) is 64.2 Å². The van der Waals surface area contributed by atoms with Crippen LogP contribution in [-0.2, 0) is 0 Å². The second-order valence-corrected chi connectivity index (χ2v) is 4.24. The van der Waals surface area contributed by atoms with Gasteiger partial charge in [0.05, 0.1) is 0 Å². The highest BCUT2D eigenvalue weighted by atomic mass is 14.0. The Kier molecular flexibility index (Phi) is 9.76. The van der Waals surface area contributed by atoms with E-state index in [9.17, 15) is 0 Å². The summed E-state index contributed by atoms with van der Waals surface area (Å²) in [5, 5.41) is 0. The Morgan fingerprint density at radius 1 is 0.500 bits per heavy atom. The minimum absolute atomic E-state index is 0.609.